The number of hydrogen-bond acceptors (Lipinski definition) is 5. The van der Waals surface area contributed by atoms with Crippen molar-refractivity contribution in [1.29, 1.82) is 5.26 Å². The van der Waals surface area contributed by atoms with Gasteiger partial charge in [0.05, 0.1) is 6.61 Å². The zero-order valence-corrected chi connectivity index (χ0v) is 4.74. The molecule has 0 radical (unpaired) electrons. The minimum Gasteiger partial charge on any atom is -0.394 e. The lowest BCUT2D eigenvalue weighted by molar-refractivity contribution is -0.0198. The number of aliphatic hydroxyl groups is 2. The summed E-state index contributed by atoms with van der Waals surface area (Å²) < 4.78 is 0. The largest absolute Gasteiger partial charge is 0.394 e. The lowest BCUT2D eigenvalue weighted by Gasteiger charge is -2.03. The zero-order chi connectivity index (χ0) is 7.11. The third-order valence-corrected chi connectivity index (χ3v) is 0.604. The molecule has 0 fully saturated rings. The van der Waals surface area contributed by atoms with Crippen LogP contribution in [0.1, 0.15) is 0 Å². The third-order valence-electron chi connectivity index (χ3n) is 0.604. The van der Waals surface area contributed by atoms with Crippen LogP contribution >= 0.6 is 0 Å². The molecule has 0 rings (SSSR count). The van der Waals surface area contributed by atoms with Gasteiger partial charge < -0.3 is 10.2 Å². The molecule has 1 atom stereocenters. The maximum Gasteiger partial charge on any atom is 0.202 e. The molecule has 5 nitrogen and oxygen atoms in total. The van der Waals surface area contributed by atoms with Crippen molar-refractivity contribution in [2.24, 2.45) is 0 Å². The van der Waals surface area contributed by atoms with Crippen molar-refractivity contribution in [3.05, 3.63) is 0 Å². The molecule has 0 aliphatic heterocycles. The van der Waals surface area contributed by atoms with Gasteiger partial charge >= 0.3 is 0 Å². The van der Waals surface area contributed by atoms with Crippen LogP contribution in [0.2, 0.25) is 0 Å². The molecule has 0 aromatic heterocycles. The molecule has 52 valence electrons. The van der Waals surface area contributed by atoms with E-state index in [2.05, 4.69) is 4.84 Å². The fraction of sp³-hybridized carbons (Fsp3) is 0.750. The highest BCUT2D eigenvalue weighted by atomic mass is 16.6. The number of hydrogen-bond donors (Lipinski definition) is 3. The number of nitriles is 1. The van der Waals surface area contributed by atoms with Gasteiger partial charge in [0, 0.05) is 0 Å². The molecule has 0 aromatic carbocycles. The summed E-state index contributed by atoms with van der Waals surface area (Å²) in [5, 5.41) is 24.6. The van der Waals surface area contributed by atoms with Crippen LogP contribution in [0.15, 0.2) is 0 Å². The summed E-state index contributed by atoms with van der Waals surface area (Å²) in [4.78, 5) is 4.31. The molecule has 5 heteroatoms. The predicted molar refractivity (Wildman–Crippen MR) is 27.8 cm³/mol. The van der Waals surface area contributed by atoms with Crippen molar-refractivity contribution >= 4 is 0 Å². The Morgan fingerprint density at radius 1 is 1.78 bits per heavy atom. The Morgan fingerprint density at radius 2 is 2.44 bits per heavy atom. The van der Waals surface area contributed by atoms with Crippen LogP contribution in [0, 0.1) is 11.5 Å². The van der Waals surface area contributed by atoms with Crippen LogP contribution in [0.5, 0.6) is 0 Å². The molecule has 1 unspecified atom stereocenters. The van der Waals surface area contributed by atoms with Gasteiger partial charge in [0.25, 0.3) is 0 Å². The highest BCUT2D eigenvalue weighted by Gasteiger charge is 1.99. The highest BCUT2D eigenvalue weighted by Crippen LogP contribution is 1.78. The second-order valence-electron chi connectivity index (χ2n) is 1.36. The molecule has 0 saturated heterocycles. The van der Waals surface area contributed by atoms with Crippen molar-refractivity contribution in [2.75, 3.05) is 13.2 Å². The van der Waals surface area contributed by atoms with Gasteiger partial charge in [-0.2, -0.15) is 5.26 Å². The molecular formula is C4H8N2O3. The topological polar surface area (TPSA) is 85.5 Å². The molecule has 0 spiro atoms. The van der Waals surface area contributed by atoms with Crippen molar-refractivity contribution < 1.29 is 15.1 Å². The van der Waals surface area contributed by atoms with E-state index in [0.717, 1.165) is 0 Å². The fourth-order valence-corrected chi connectivity index (χ4v) is 0.223. The van der Waals surface area contributed by atoms with Crippen molar-refractivity contribution in [2.45, 2.75) is 6.10 Å². The summed E-state index contributed by atoms with van der Waals surface area (Å²) in [5.74, 6) is 0. The van der Waals surface area contributed by atoms with Gasteiger partial charge in [0.2, 0.25) is 6.19 Å². The number of hydroxylamine groups is 1. The second kappa shape index (κ2) is 5.31. The van der Waals surface area contributed by atoms with Gasteiger partial charge in [-0.3, -0.25) is 4.84 Å². The van der Waals surface area contributed by atoms with Crippen LogP contribution in [-0.4, -0.2) is 29.5 Å². The van der Waals surface area contributed by atoms with E-state index in [1.54, 1.807) is 0 Å². The van der Waals surface area contributed by atoms with E-state index in [1.807, 2.05) is 5.48 Å². The summed E-state index contributed by atoms with van der Waals surface area (Å²) in [5.41, 5.74) is 1.85. The monoisotopic (exact) mass is 132 g/mol. The van der Waals surface area contributed by atoms with Crippen molar-refractivity contribution in [3.8, 4) is 6.19 Å². The molecule has 0 saturated carbocycles. The molecule has 0 bridgehead atoms. The predicted octanol–water partition coefficient (Wildman–Crippen LogP) is -1.66. The Bertz CT molecular complexity index is 100. The Balaban J connectivity index is 2.99. The summed E-state index contributed by atoms with van der Waals surface area (Å²) in [6, 6.07) is 0. The van der Waals surface area contributed by atoms with E-state index in [0.29, 0.717) is 0 Å². The number of nitrogens with one attached hydrogen (secondary N) is 1. The first kappa shape index (κ1) is 8.17. The normalized spacial score (nSPS) is 12.1. The maximum atomic E-state index is 8.56. The smallest absolute Gasteiger partial charge is 0.202 e. The van der Waals surface area contributed by atoms with Gasteiger partial charge in [-0.1, -0.05) is 0 Å². The number of nitrogens with zero attached hydrogens (tertiary/aromatic N) is 1. The number of rotatable bonds is 4. The van der Waals surface area contributed by atoms with Gasteiger partial charge in [-0.15, -0.1) is 0 Å². The highest BCUT2D eigenvalue weighted by molar-refractivity contribution is 4.55. The number of aliphatic hydroxyl groups excluding tert-OH is 2. The van der Waals surface area contributed by atoms with Gasteiger partial charge in [-0.25, -0.2) is 5.48 Å². The zero-order valence-electron chi connectivity index (χ0n) is 4.74. The van der Waals surface area contributed by atoms with E-state index in [1.165, 1.54) is 6.19 Å². The molecule has 0 amide bonds. The van der Waals surface area contributed by atoms with E-state index in [9.17, 15) is 0 Å². The summed E-state index contributed by atoms with van der Waals surface area (Å²) >= 11 is 0. The summed E-state index contributed by atoms with van der Waals surface area (Å²) in [7, 11) is 0. The Morgan fingerprint density at radius 3 is 2.89 bits per heavy atom. The third kappa shape index (κ3) is 5.03. The van der Waals surface area contributed by atoms with Gasteiger partial charge in [0.15, 0.2) is 0 Å². The van der Waals surface area contributed by atoms with Crippen molar-refractivity contribution in [1.82, 2.24) is 5.48 Å². The average Bonchev–Trinajstić information content (AvgIpc) is 1.89. The first-order valence-electron chi connectivity index (χ1n) is 2.36. The lowest BCUT2D eigenvalue weighted by atomic mass is 10.4. The van der Waals surface area contributed by atoms with Crippen LogP contribution < -0.4 is 5.48 Å². The Labute approximate surface area is 52.4 Å². The average molecular weight is 132 g/mol. The first-order chi connectivity index (χ1) is 4.31. The molecule has 0 aliphatic rings. The molecule has 0 aromatic rings. The minimum atomic E-state index is -0.925. The van der Waals surface area contributed by atoms with Crippen molar-refractivity contribution in [3.63, 3.8) is 0 Å². The van der Waals surface area contributed by atoms with Crippen LogP contribution in [0.25, 0.3) is 0 Å². The quantitative estimate of drug-likeness (QED) is 0.184. The molecule has 9 heavy (non-hydrogen) atoms. The van der Waals surface area contributed by atoms with E-state index >= 15 is 0 Å². The van der Waals surface area contributed by atoms with Gasteiger partial charge in [-0.05, 0) is 0 Å². The van der Waals surface area contributed by atoms with E-state index < -0.39 is 6.10 Å². The molecular weight excluding hydrogens is 124 g/mol. The Hall–Kier alpha value is -0.830. The second-order valence-corrected chi connectivity index (χ2v) is 1.36. The van der Waals surface area contributed by atoms with Crippen LogP contribution in [0.4, 0.5) is 0 Å². The standard InChI is InChI=1S/C4H8N2O3/c5-3-6-9-2-4(8)1-7/h4,6-8H,1-2H2. The maximum absolute atomic E-state index is 8.56. The molecule has 0 aliphatic carbocycles. The minimum absolute atomic E-state index is 0.0932. The van der Waals surface area contributed by atoms with Gasteiger partial charge in [0.1, 0.15) is 12.7 Å². The SMILES string of the molecule is N#CNOCC(O)CO. The Kier molecular flexibility index (Phi) is 4.82. The fourth-order valence-electron chi connectivity index (χ4n) is 0.223. The van der Waals surface area contributed by atoms with E-state index in [4.69, 9.17) is 15.5 Å². The molecule has 3 N–H and O–H groups in total. The summed E-state index contributed by atoms with van der Waals surface area (Å²) in [6.07, 6.45) is 0.557. The first-order valence-corrected chi connectivity index (χ1v) is 2.36. The van der Waals surface area contributed by atoms with E-state index in [-0.39, 0.29) is 13.2 Å². The molecule has 0 heterocycles. The summed E-state index contributed by atoms with van der Waals surface area (Å²) in [6.45, 7) is -0.461. The van der Waals surface area contributed by atoms with Crippen LogP contribution in [-0.2, 0) is 4.84 Å². The van der Waals surface area contributed by atoms with Crippen LogP contribution in [0.3, 0.4) is 0 Å². The lowest BCUT2D eigenvalue weighted by Crippen LogP contribution is -2.23.